The van der Waals surface area contributed by atoms with Gasteiger partial charge < -0.3 is 20.7 Å². The summed E-state index contributed by atoms with van der Waals surface area (Å²) in [4.78, 5) is 20.6. The van der Waals surface area contributed by atoms with Gasteiger partial charge in [-0.25, -0.2) is 4.79 Å². The van der Waals surface area contributed by atoms with E-state index in [-0.39, 0.29) is 6.09 Å². The molecule has 1 aromatic rings. The maximum atomic E-state index is 12.1. The zero-order valence-corrected chi connectivity index (χ0v) is 17.0. The number of carbonyl (C=O) groups is 1. The van der Waals surface area contributed by atoms with E-state index in [9.17, 15) is 4.79 Å². The lowest BCUT2D eigenvalue weighted by atomic mass is 10.2. The van der Waals surface area contributed by atoms with Crippen molar-refractivity contribution >= 4 is 17.7 Å². The van der Waals surface area contributed by atoms with Gasteiger partial charge in [0.15, 0.2) is 5.96 Å². The average molecular weight is 376 g/mol. The highest BCUT2D eigenvalue weighted by Crippen LogP contribution is 2.12. The SMILES string of the molecule is Cc1cccc(NC(N)=NCCCN2CCN(C(=O)OC(C)(C)C)CC2)c1. The van der Waals surface area contributed by atoms with Crippen molar-refractivity contribution in [3.05, 3.63) is 29.8 Å². The van der Waals surface area contributed by atoms with Crippen LogP contribution < -0.4 is 11.1 Å². The molecule has 0 unspecified atom stereocenters. The standard InChI is InChI=1S/C20H33N5O2/c1-16-7-5-8-17(15-16)23-18(21)22-9-6-10-24-11-13-25(14-12-24)19(26)27-20(2,3)4/h5,7-8,15H,6,9-14H2,1-4H3,(H3,21,22,23). The van der Waals surface area contributed by atoms with E-state index in [2.05, 4.69) is 15.2 Å². The lowest BCUT2D eigenvalue weighted by Gasteiger charge is -2.35. The Balaban J connectivity index is 1.64. The second-order valence-electron chi connectivity index (χ2n) is 7.92. The largest absolute Gasteiger partial charge is 0.444 e. The van der Waals surface area contributed by atoms with Crippen LogP contribution in [0.2, 0.25) is 0 Å². The molecule has 1 fully saturated rings. The number of carbonyl (C=O) groups excluding carboxylic acids is 1. The number of piperazine rings is 1. The Hall–Kier alpha value is -2.28. The van der Waals surface area contributed by atoms with Crippen molar-refractivity contribution in [1.29, 1.82) is 0 Å². The smallest absolute Gasteiger partial charge is 0.410 e. The molecule has 1 saturated heterocycles. The molecule has 7 heteroatoms. The maximum absolute atomic E-state index is 12.1. The van der Waals surface area contributed by atoms with Gasteiger partial charge in [0, 0.05) is 45.0 Å². The molecule has 1 heterocycles. The first-order valence-electron chi connectivity index (χ1n) is 9.57. The first-order chi connectivity index (χ1) is 12.7. The van der Waals surface area contributed by atoms with Crippen molar-refractivity contribution in [2.75, 3.05) is 44.6 Å². The minimum atomic E-state index is -0.446. The number of anilines is 1. The van der Waals surface area contributed by atoms with Crippen molar-refractivity contribution in [3.8, 4) is 0 Å². The van der Waals surface area contributed by atoms with E-state index >= 15 is 0 Å². The highest BCUT2D eigenvalue weighted by Gasteiger charge is 2.25. The average Bonchev–Trinajstić information content (AvgIpc) is 2.58. The number of amides is 1. The zero-order valence-electron chi connectivity index (χ0n) is 17.0. The number of hydrogen-bond acceptors (Lipinski definition) is 4. The Morgan fingerprint density at radius 2 is 1.96 bits per heavy atom. The number of nitrogens with two attached hydrogens (primary N) is 1. The van der Waals surface area contributed by atoms with E-state index < -0.39 is 5.60 Å². The summed E-state index contributed by atoms with van der Waals surface area (Å²) in [6.07, 6.45) is 0.713. The molecule has 0 bridgehead atoms. The zero-order chi connectivity index (χ0) is 19.9. The molecule has 1 aliphatic rings. The molecule has 2 rings (SSSR count). The second kappa shape index (κ2) is 9.60. The molecule has 27 heavy (non-hydrogen) atoms. The summed E-state index contributed by atoms with van der Waals surface area (Å²) in [5.41, 5.74) is 7.63. The van der Waals surface area contributed by atoms with Crippen LogP contribution in [0, 0.1) is 6.92 Å². The number of rotatable bonds is 5. The summed E-state index contributed by atoms with van der Waals surface area (Å²) in [5, 5.41) is 3.11. The molecule has 7 nitrogen and oxygen atoms in total. The topological polar surface area (TPSA) is 83.2 Å². The highest BCUT2D eigenvalue weighted by atomic mass is 16.6. The second-order valence-corrected chi connectivity index (χ2v) is 7.92. The quantitative estimate of drug-likeness (QED) is 0.470. The number of benzene rings is 1. The molecule has 1 aliphatic heterocycles. The number of guanidine groups is 1. The summed E-state index contributed by atoms with van der Waals surface area (Å²) in [7, 11) is 0. The molecule has 0 radical (unpaired) electrons. The lowest BCUT2D eigenvalue weighted by Crippen LogP contribution is -2.50. The third-order valence-corrected chi connectivity index (χ3v) is 4.23. The van der Waals surface area contributed by atoms with Crippen LogP contribution in [0.4, 0.5) is 10.5 Å². The third kappa shape index (κ3) is 7.86. The summed E-state index contributed by atoms with van der Waals surface area (Å²) < 4.78 is 5.42. The van der Waals surface area contributed by atoms with Crippen LogP contribution in [0.5, 0.6) is 0 Å². The molecular formula is C20H33N5O2. The molecule has 0 aromatic heterocycles. The van der Waals surface area contributed by atoms with Crippen molar-refractivity contribution < 1.29 is 9.53 Å². The van der Waals surface area contributed by atoms with Crippen molar-refractivity contribution in [1.82, 2.24) is 9.80 Å². The van der Waals surface area contributed by atoms with Crippen molar-refractivity contribution in [3.63, 3.8) is 0 Å². The fraction of sp³-hybridized carbons (Fsp3) is 0.600. The summed E-state index contributed by atoms with van der Waals surface area (Å²) in [5.74, 6) is 0.440. The number of aliphatic imine (C=N–C) groups is 1. The predicted octanol–water partition coefficient (Wildman–Crippen LogP) is 2.66. The van der Waals surface area contributed by atoms with E-state index in [1.165, 1.54) is 5.56 Å². The van der Waals surface area contributed by atoms with Gasteiger partial charge in [-0.2, -0.15) is 0 Å². The van der Waals surface area contributed by atoms with E-state index in [1.54, 1.807) is 4.90 Å². The van der Waals surface area contributed by atoms with Crippen LogP contribution >= 0.6 is 0 Å². The van der Waals surface area contributed by atoms with Gasteiger partial charge in [-0.05, 0) is 51.8 Å². The van der Waals surface area contributed by atoms with E-state index in [0.717, 1.165) is 31.7 Å². The molecule has 0 atom stereocenters. The van der Waals surface area contributed by atoms with Gasteiger partial charge in [-0.1, -0.05) is 12.1 Å². The Kier molecular flexibility index (Phi) is 7.47. The molecule has 0 aliphatic carbocycles. The summed E-state index contributed by atoms with van der Waals surface area (Å²) >= 11 is 0. The van der Waals surface area contributed by atoms with Gasteiger partial charge in [0.25, 0.3) is 0 Å². The number of nitrogens with one attached hydrogen (secondary N) is 1. The van der Waals surface area contributed by atoms with Gasteiger partial charge in [-0.3, -0.25) is 9.89 Å². The maximum Gasteiger partial charge on any atom is 0.410 e. The van der Waals surface area contributed by atoms with E-state index in [0.29, 0.717) is 25.6 Å². The monoisotopic (exact) mass is 375 g/mol. The van der Waals surface area contributed by atoms with Gasteiger partial charge >= 0.3 is 6.09 Å². The van der Waals surface area contributed by atoms with E-state index in [4.69, 9.17) is 10.5 Å². The van der Waals surface area contributed by atoms with Crippen LogP contribution in [-0.4, -0.2) is 66.7 Å². The van der Waals surface area contributed by atoms with Crippen LogP contribution in [-0.2, 0) is 4.74 Å². The van der Waals surface area contributed by atoms with E-state index in [1.807, 2.05) is 52.0 Å². The van der Waals surface area contributed by atoms with Gasteiger partial charge in [0.05, 0.1) is 0 Å². The first-order valence-corrected chi connectivity index (χ1v) is 9.57. The molecule has 0 saturated carbocycles. The van der Waals surface area contributed by atoms with Crippen LogP contribution in [0.3, 0.4) is 0 Å². The van der Waals surface area contributed by atoms with Gasteiger partial charge in [0.1, 0.15) is 5.60 Å². The number of nitrogens with zero attached hydrogens (tertiary/aromatic N) is 3. The Bertz CT molecular complexity index is 646. The minimum absolute atomic E-state index is 0.221. The number of ether oxygens (including phenoxy) is 1. The molecular weight excluding hydrogens is 342 g/mol. The van der Waals surface area contributed by atoms with Crippen LogP contribution in [0.1, 0.15) is 32.8 Å². The third-order valence-electron chi connectivity index (χ3n) is 4.23. The Labute approximate surface area is 162 Å². The minimum Gasteiger partial charge on any atom is -0.444 e. The van der Waals surface area contributed by atoms with Crippen LogP contribution in [0.15, 0.2) is 29.3 Å². The molecule has 1 aromatic carbocycles. The molecule has 1 amide bonds. The highest BCUT2D eigenvalue weighted by molar-refractivity contribution is 5.92. The fourth-order valence-electron chi connectivity index (χ4n) is 2.88. The van der Waals surface area contributed by atoms with Gasteiger partial charge in [-0.15, -0.1) is 0 Å². The lowest BCUT2D eigenvalue weighted by molar-refractivity contribution is 0.0145. The summed E-state index contributed by atoms with van der Waals surface area (Å²) in [6, 6.07) is 8.04. The van der Waals surface area contributed by atoms with Crippen LogP contribution in [0.25, 0.3) is 0 Å². The van der Waals surface area contributed by atoms with Crippen molar-refractivity contribution in [2.24, 2.45) is 10.7 Å². The number of hydrogen-bond donors (Lipinski definition) is 2. The fourth-order valence-corrected chi connectivity index (χ4v) is 2.88. The Morgan fingerprint density at radius 1 is 1.26 bits per heavy atom. The Morgan fingerprint density at radius 3 is 2.59 bits per heavy atom. The molecule has 0 spiro atoms. The predicted molar refractivity (Wildman–Crippen MR) is 110 cm³/mol. The van der Waals surface area contributed by atoms with Crippen molar-refractivity contribution in [2.45, 2.75) is 39.7 Å². The molecule has 3 N–H and O–H groups in total. The first kappa shape index (κ1) is 21.0. The van der Waals surface area contributed by atoms with Gasteiger partial charge in [0.2, 0.25) is 0 Å². The molecule has 150 valence electrons. The number of aryl methyl sites for hydroxylation is 1. The normalized spacial score (nSPS) is 16.3. The summed E-state index contributed by atoms with van der Waals surface area (Å²) in [6.45, 7) is 12.5.